The van der Waals surface area contributed by atoms with E-state index in [0.717, 1.165) is 0 Å². The Bertz CT molecular complexity index is 286. The van der Waals surface area contributed by atoms with Gasteiger partial charge in [-0.25, -0.2) is 4.68 Å². The molecule has 0 aliphatic rings. The molecule has 0 unspecified atom stereocenters. The Balaban J connectivity index is 2.35. The molecule has 1 aromatic heterocycles. The monoisotopic (exact) mass is 201 g/mol. The van der Waals surface area contributed by atoms with E-state index in [2.05, 4.69) is 33.5 Å². The van der Waals surface area contributed by atoms with Crippen molar-refractivity contribution >= 4 is 18.5 Å². The highest BCUT2D eigenvalue weighted by Crippen LogP contribution is 1.98. The molecule has 1 aromatic rings. The number of rotatable bonds is 4. The van der Waals surface area contributed by atoms with Gasteiger partial charge in [-0.1, -0.05) is 0 Å². The molecule has 6 nitrogen and oxygen atoms in total. The summed E-state index contributed by atoms with van der Waals surface area (Å²) in [6.07, 6.45) is 0.367. The molecule has 0 radical (unpaired) electrons. The smallest absolute Gasteiger partial charge is 0.221 e. The number of thiol groups is 1. The number of nitrogens with one attached hydrogen (secondary N) is 1. The number of amides is 1. The highest BCUT2D eigenvalue weighted by molar-refractivity contribution is 7.80. The minimum Gasteiger partial charge on any atom is -0.356 e. The first-order valence-corrected chi connectivity index (χ1v) is 4.40. The fourth-order valence-corrected chi connectivity index (χ4v) is 1.02. The molecule has 0 aliphatic carbocycles. The minimum atomic E-state index is -0.00858. The predicted molar refractivity (Wildman–Crippen MR) is 48.4 cm³/mol. The Morgan fingerprint density at radius 1 is 1.69 bits per heavy atom. The van der Waals surface area contributed by atoms with Crippen molar-refractivity contribution in [2.24, 2.45) is 0 Å². The van der Waals surface area contributed by atoms with Crippen LogP contribution in [0, 0.1) is 0 Å². The van der Waals surface area contributed by atoms with Gasteiger partial charge in [0, 0.05) is 13.0 Å². The molecule has 0 atom stereocenters. The average Bonchev–Trinajstić information content (AvgIpc) is 2.48. The number of carbonyl (C=O) groups is 1. The second-order valence-electron chi connectivity index (χ2n) is 2.41. The van der Waals surface area contributed by atoms with Crippen LogP contribution in [0.1, 0.15) is 13.3 Å². The molecule has 1 rings (SSSR count). The van der Waals surface area contributed by atoms with Crippen LogP contribution < -0.4 is 5.32 Å². The van der Waals surface area contributed by atoms with Gasteiger partial charge in [0.25, 0.3) is 0 Å². The third kappa shape index (κ3) is 3.02. The largest absolute Gasteiger partial charge is 0.356 e. The highest BCUT2D eigenvalue weighted by atomic mass is 32.1. The van der Waals surface area contributed by atoms with Crippen LogP contribution in [0.15, 0.2) is 5.16 Å². The summed E-state index contributed by atoms with van der Waals surface area (Å²) in [6.45, 7) is 2.97. The number of hydrogen-bond acceptors (Lipinski definition) is 5. The van der Waals surface area contributed by atoms with Crippen molar-refractivity contribution in [1.82, 2.24) is 25.5 Å². The van der Waals surface area contributed by atoms with Gasteiger partial charge in [-0.3, -0.25) is 4.79 Å². The van der Waals surface area contributed by atoms with Crippen LogP contribution in [0.2, 0.25) is 0 Å². The van der Waals surface area contributed by atoms with Crippen LogP contribution in [0.5, 0.6) is 0 Å². The zero-order valence-corrected chi connectivity index (χ0v) is 8.16. The zero-order chi connectivity index (χ0) is 9.68. The van der Waals surface area contributed by atoms with Crippen molar-refractivity contribution in [3.63, 3.8) is 0 Å². The van der Waals surface area contributed by atoms with Crippen LogP contribution in [0.25, 0.3) is 0 Å². The molecule has 0 saturated carbocycles. The summed E-state index contributed by atoms with van der Waals surface area (Å²) >= 11 is 4.00. The number of hydrogen-bond donors (Lipinski definition) is 2. The fraction of sp³-hybridized carbons (Fsp3) is 0.667. The maximum atomic E-state index is 11.0. The molecule has 0 fully saturated rings. The summed E-state index contributed by atoms with van der Waals surface area (Å²) < 4.78 is 1.47. The van der Waals surface area contributed by atoms with Crippen LogP contribution in [-0.2, 0) is 11.3 Å². The fourth-order valence-electron chi connectivity index (χ4n) is 0.838. The summed E-state index contributed by atoms with van der Waals surface area (Å²) in [7, 11) is 0. The van der Waals surface area contributed by atoms with Gasteiger partial charge in [0.2, 0.25) is 11.1 Å². The SMILES string of the molecule is CCNC(=O)CCn1nnnc1S. The van der Waals surface area contributed by atoms with Crippen LogP contribution >= 0.6 is 12.6 Å². The molecule has 1 heterocycles. The summed E-state index contributed by atoms with van der Waals surface area (Å²) in [4.78, 5) is 11.0. The molecule has 0 saturated heterocycles. The van der Waals surface area contributed by atoms with E-state index in [0.29, 0.717) is 24.7 Å². The van der Waals surface area contributed by atoms with E-state index in [-0.39, 0.29) is 5.91 Å². The molecule has 0 bridgehead atoms. The zero-order valence-electron chi connectivity index (χ0n) is 7.27. The minimum absolute atomic E-state index is 0.00858. The normalized spacial score (nSPS) is 10.0. The lowest BCUT2D eigenvalue weighted by Crippen LogP contribution is -2.24. The number of carbonyl (C=O) groups excluding carboxylic acids is 1. The number of aryl methyl sites for hydroxylation is 1. The van der Waals surface area contributed by atoms with E-state index in [1.165, 1.54) is 4.68 Å². The maximum Gasteiger partial charge on any atom is 0.221 e. The Morgan fingerprint density at radius 3 is 3.00 bits per heavy atom. The van der Waals surface area contributed by atoms with E-state index in [1.54, 1.807) is 0 Å². The number of aromatic nitrogens is 4. The molecular formula is C6H11N5OS. The first kappa shape index (κ1) is 9.97. The predicted octanol–water partition coefficient (Wildman–Crippen LogP) is -0.512. The van der Waals surface area contributed by atoms with Gasteiger partial charge in [0.05, 0.1) is 6.54 Å². The average molecular weight is 201 g/mol. The van der Waals surface area contributed by atoms with Crippen molar-refractivity contribution in [2.75, 3.05) is 6.54 Å². The van der Waals surface area contributed by atoms with Gasteiger partial charge in [-0.05, 0) is 17.4 Å². The third-order valence-electron chi connectivity index (χ3n) is 1.44. The molecule has 1 N–H and O–H groups in total. The molecule has 72 valence electrons. The molecule has 13 heavy (non-hydrogen) atoms. The summed E-state index contributed by atoms with van der Waals surface area (Å²) in [6, 6.07) is 0. The van der Waals surface area contributed by atoms with E-state index in [4.69, 9.17) is 0 Å². The molecule has 7 heteroatoms. The van der Waals surface area contributed by atoms with Gasteiger partial charge >= 0.3 is 0 Å². The first-order chi connectivity index (χ1) is 6.24. The van der Waals surface area contributed by atoms with E-state index < -0.39 is 0 Å². The van der Waals surface area contributed by atoms with Crippen molar-refractivity contribution < 1.29 is 4.79 Å². The van der Waals surface area contributed by atoms with Gasteiger partial charge in [0.15, 0.2) is 0 Å². The van der Waals surface area contributed by atoms with E-state index in [9.17, 15) is 4.79 Å². The van der Waals surface area contributed by atoms with Crippen LogP contribution in [0.3, 0.4) is 0 Å². The lowest BCUT2D eigenvalue weighted by molar-refractivity contribution is -0.121. The lowest BCUT2D eigenvalue weighted by Gasteiger charge is -2.01. The van der Waals surface area contributed by atoms with Crippen LogP contribution in [-0.4, -0.2) is 32.7 Å². The van der Waals surface area contributed by atoms with E-state index in [1.807, 2.05) is 6.92 Å². The number of nitrogens with zero attached hydrogens (tertiary/aromatic N) is 4. The van der Waals surface area contributed by atoms with E-state index >= 15 is 0 Å². The Morgan fingerprint density at radius 2 is 2.46 bits per heavy atom. The summed E-state index contributed by atoms with van der Waals surface area (Å²) in [5, 5.41) is 13.7. The summed E-state index contributed by atoms with van der Waals surface area (Å²) in [5.41, 5.74) is 0. The molecule has 0 aromatic carbocycles. The Hall–Kier alpha value is -1.11. The Kier molecular flexibility index (Phi) is 3.69. The molecular weight excluding hydrogens is 190 g/mol. The highest BCUT2D eigenvalue weighted by Gasteiger charge is 2.03. The second-order valence-corrected chi connectivity index (χ2v) is 2.81. The third-order valence-corrected chi connectivity index (χ3v) is 1.76. The topological polar surface area (TPSA) is 72.7 Å². The van der Waals surface area contributed by atoms with Crippen LogP contribution in [0.4, 0.5) is 0 Å². The lowest BCUT2D eigenvalue weighted by atomic mass is 10.4. The van der Waals surface area contributed by atoms with Gasteiger partial charge in [-0.2, -0.15) is 0 Å². The van der Waals surface area contributed by atoms with Gasteiger partial charge in [-0.15, -0.1) is 17.7 Å². The summed E-state index contributed by atoms with van der Waals surface area (Å²) in [5.74, 6) is -0.00858. The molecule has 0 spiro atoms. The second kappa shape index (κ2) is 4.80. The van der Waals surface area contributed by atoms with Crippen molar-refractivity contribution in [3.8, 4) is 0 Å². The van der Waals surface area contributed by atoms with Crippen molar-refractivity contribution in [2.45, 2.75) is 25.0 Å². The van der Waals surface area contributed by atoms with Gasteiger partial charge < -0.3 is 5.32 Å². The first-order valence-electron chi connectivity index (χ1n) is 3.96. The van der Waals surface area contributed by atoms with Gasteiger partial charge in [0.1, 0.15) is 0 Å². The Labute approximate surface area is 81.1 Å². The molecule has 1 amide bonds. The quantitative estimate of drug-likeness (QED) is 0.643. The van der Waals surface area contributed by atoms with Crippen molar-refractivity contribution in [1.29, 1.82) is 0 Å². The standard InChI is InChI=1S/C6H11N5OS/c1-2-7-5(12)3-4-11-6(13)8-9-10-11/h2-4H2,1H3,(H,7,12)(H,8,10,13). The van der Waals surface area contributed by atoms with Crippen molar-refractivity contribution in [3.05, 3.63) is 0 Å². The maximum absolute atomic E-state index is 11.0. The number of tetrazole rings is 1. The molecule has 0 aliphatic heterocycles.